The molecule has 3 aromatic rings. The third-order valence-electron chi connectivity index (χ3n) is 7.03. The van der Waals surface area contributed by atoms with Crippen LogP contribution in [0.25, 0.3) is 0 Å². The van der Waals surface area contributed by atoms with Crippen LogP contribution in [0.15, 0.2) is 67.0 Å². The van der Waals surface area contributed by atoms with Crippen LogP contribution in [0.3, 0.4) is 0 Å². The third-order valence-corrected chi connectivity index (χ3v) is 7.03. The van der Waals surface area contributed by atoms with Crippen LogP contribution in [0.1, 0.15) is 54.9 Å². The van der Waals surface area contributed by atoms with Gasteiger partial charge in [-0.15, -0.1) is 0 Å². The number of likely N-dealkylation sites (N-methyl/N-ethyl adjacent to an activating group) is 1. The first-order valence-corrected chi connectivity index (χ1v) is 12.4. The molecule has 2 heterocycles. The summed E-state index contributed by atoms with van der Waals surface area (Å²) < 4.78 is 12.2. The van der Waals surface area contributed by atoms with Gasteiger partial charge in [0.2, 0.25) is 0 Å². The number of benzene rings is 2. The molecule has 2 aromatic carbocycles. The Kier molecular flexibility index (Phi) is 7.29. The molecule has 0 radical (unpaired) electrons. The Hall–Kier alpha value is -3.44. The number of hydrogen-bond donors (Lipinski definition) is 2. The number of aromatic nitrogens is 1. The minimum Gasteiger partial charge on any atom is -0.495 e. The lowest BCUT2D eigenvalue weighted by Crippen LogP contribution is -2.48. The van der Waals surface area contributed by atoms with Crippen LogP contribution in [-0.2, 0) is 11.2 Å². The largest absolute Gasteiger partial charge is 0.495 e. The van der Waals surface area contributed by atoms with Crippen molar-refractivity contribution in [1.82, 2.24) is 9.88 Å². The molecule has 37 heavy (non-hydrogen) atoms. The zero-order valence-electron chi connectivity index (χ0n) is 22.1. The molecule has 0 saturated heterocycles. The molecule has 5 rings (SSSR count). The van der Waals surface area contributed by atoms with Crippen molar-refractivity contribution in [3.05, 3.63) is 89.2 Å². The molecule has 7 heteroatoms. The Labute approximate surface area is 218 Å². The van der Waals surface area contributed by atoms with Crippen LogP contribution >= 0.6 is 0 Å². The van der Waals surface area contributed by atoms with Crippen molar-refractivity contribution in [3.8, 4) is 17.6 Å². The molecule has 1 aliphatic heterocycles. The molecular formula is C30H35N3O4. The first-order chi connectivity index (χ1) is 17.6. The van der Waals surface area contributed by atoms with Crippen molar-refractivity contribution in [1.29, 1.82) is 5.26 Å². The topological polar surface area (TPSA) is 98.8 Å². The van der Waals surface area contributed by atoms with E-state index in [0.29, 0.717) is 35.6 Å². The van der Waals surface area contributed by atoms with Crippen molar-refractivity contribution in [2.75, 3.05) is 27.7 Å². The van der Waals surface area contributed by atoms with Gasteiger partial charge >= 0.3 is 0 Å². The monoisotopic (exact) mass is 501 g/mol. The molecular weight excluding hydrogens is 466 g/mol. The lowest BCUT2D eigenvalue weighted by Gasteiger charge is -2.40. The summed E-state index contributed by atoms with van der Waals surface area (Å²) >= 11 is 0. The van der Waals surface area contributed by atoms with Gasteiger partial charge in [-0.1, -0.05) is 42.5 Å². The number of fused-ring (bicyclic) bond motifs is 3. The molecule has 1 aromatic heterocycles. The summed E-state index contributed by atoms with van der Waals surface area (Å²) in [4.78, 5) is 6.19. The summed E-state index contributed by atoms with van der Waals surface area (Å²) in [6.45, 7) is 4.31. The van der Waals surface area contributed by atoms with E-state index in [0.717, 1.165) is 17.5 Å². The first-order valence-electron chi connectivity index (χ1n) is 12.4. The maximum atomic E-state index is 12.2. The lowest BCUT2D eigenvalue weighted by molar-refractivity contribution is -0.106. The van der Waals surface area contributed by atoms with Gasteiger partial charge in [-0.05, 0) is 64.0 Å². The van der Waals surface area contributed by atoms with Crippen LogP contribution in [0.2, 0.25) is 0 Å². The number of hydrogen-bond acceptors (Lipinski definition) is 7. The van der Waals surface area contributed by atoms with Crippen LogP contribution in [0.5, 0.6) is 11.5 Å². The van der Waals surface area contributed by atoms with Crippen molar-refractivity contribution >= 4 is 0 Å². The fourth-order valence-electron chi connectivity index (χ4n) is 5.88. The average Bonchev–Trinajstić information content (AvgIpc) is 3.30. The second-order valence-electron chi connectivity index (χ2n) is 10.7. The summed E-state index contributed by atoms with van der Waals surface area (Å²) in [6.07, 6.45) is 4.54. The highest BCUT2D eigenvalue weighted by atomic mass is 16.5. The summed E-state index contributed by atoms with van der Waals surface area (Å²) in [5, 5.41) is 30.5. The van der Waals surface area contributed by atoms with Crippen LogP contribution in [-0.4, -0.2) is 53.4 Å². The number of nitriles is 1. The molecule has 0 amide bonds. The lowest BCUT2D eigenvalue weighted by atomic mass is 9.71. The van der Waals surface area contributed by atoms with E-state index in [9.17, 15) is 10.4 Å². The van der Waals surface area contributed by atoms with Gasteiger partial charge in [-0.25, -0.2) is 0 Å². The highest BCUT2D eigenvalue weighted by Gasteiger charge is 2.69. The number of nitrogens with zero attached hydrogens (tertiary/aromatic N) is 3. The van der Waals surface area contributed by atoms with Crippen molar-refractivity contribution in [3.63, 3.8) is 0 Å². The molecule has 0 spiro atoms. The van der Waals surface area contributed by atoms with E-state index < -0.39 is 16.8 Å². The molecule has 3 unspecified atom stereocenters. The standard InChI is InChI=1S/C24H20N2O3.C6H15NO/c1-28-20-14-26-15-21-22(20)23(27)12-11-19(17-5-3-2-4-6-17)24(23,29-21)18-9-7-16(13-25)8-10-18;1-6(2,8)5-7(3)4/h2-10,14-15,19,27H,11-12H2,1H3;8H,5H2,1-4H3. The van der Waals surface area contributed by atoms with E-state index in [1.54, 1.807) is 45.5 Å². The number of rotatable bonds is 5. The van der Waals surface area contributed by atoms with Gasteiger partial charge in [0.25, 0.3) is 0 Å². The van der Waals surface area contributed by atoms with Crippen molar-refractivity contribution in [2.45, 2.75) is 49.4 Å². The minimum atomic E-state index is -1.27. The fourth-order valence-corrected chi connectivity index (χ4v) is 5.88. The summed E-state index contributed by atoms with van der Waals surface area (Å²) in [5.74, 6) is 0.991. The quantitative estimate of drug-likeness (QED) is 0.537. The molecule has 1 fully saturated rings. The molecule has 2 N–H and O–H groups in total. The van der Waals surface area contributed by atoms with Crippen LogP contribution in [0, 0.1) is 11.3 Å². The highest BCUT2D eigenvalue weighted by Crippen LogP contribution is 2.67. The Morgan fingerprint density at radius 1 is 1.14 bits per heavy atom. The molecule has 2 aliphatic rings. The van der Waals surface area contributed by atoms with E-state index in [-0.39, 0.29) is 5.92 Å². The van der Waals surface area contributed by atoms with Crippen molar-refractivity contribution < 1.29 is 19.7 Å². The van der Waals surface area contributed by atoms with Gasteiger partial charge in [-0.2, -0.15) is 5.26 Å². The average molecular weight is 502 g/mol. The fraction of sp³-hybridized carbons (Fsp3) is 0.400. The number of ether oxygens (including phenoxy) is 2. The summed E-state index contributed by atoms with van der Waals surface area (Å²) in [5.41, 5.74) is 0.307. The van der Waals surface area contributed by atoms with Gasteiger partial charge in [0, 0.05) is 12.5 Å². The third kappa shape index (κ3) is 4.80. The zero-order chi connectivity index (χ0) is 26.8. The van der Waals surface area contributed by atoms with E-state index in [1.807, 2.05) is 49.3 Å². The first kappa shape index (κ1) is 26.6. The smallest absolute Gasteiger partial charge is 0.174 e. The molecule has 0 bridgehead atoms. The predicted octanol–water partition coefficient (Wildman–Crippen LogP) is 4.33. The van der Waals surface area contributed by atoms with E-state index >= 15 is 0 Å². The minimum absolute atomic E-state index is 0.0706. The van der Waals surface area contributed by atoms with E-state index in [4.69, 9.17) is 14.6 Å². The van der Waals surface area contributed by atoms with Gasteiger partial charge < -0.3 is 24.6 Å². The Bertz CT molecular complexity index is 1260. The molecule has 3 atom stereocenters. The Morgan fingerprint density at radius 2 is 1.81 bits per heavy atom. The maximum Gasteiger partial charge on any atom is 0.174 e. The number of pyridine rings is 1. The molecule has 1 aliphatic carbocycles. The zero-order valence-corrected chi connectivity index (χ0v) is 22.1. The normalized spacial score (nSPS) is 23.8. The number of methoxy groups -OCH3 is 1. The Balaban J connectivity index is 0.000000349. The van der Waals surface area contributed by atoms with Gasteiger partial charge in [-0.3, -0.25) is 4.98 Å². The maximum absolute atomic E-state index is 12.2. The van der Waals surface area contributed by atoms with Gasteiger partial charge in [0.05, 0.1) is 42.3 Å². The molecule has 194 valence electrons. The highest BCUT2D eigenvalue weighted by molar-refractivity contribution is 5.57. The SMILES string of the molecule is CN(C)CC(C)(C)O.COc1cncc2c1C1(O)CCC(c3ccccc3)C1(c1ccc(C#N)cc1)O2. The van der Waals surface area contributed by atoms with E-state index in [2.05, 4.69) is 23.2 Å². The van der Waals surface area contributed by atoms with Gasteiger partial charge in [0.15, 0.2) is 5.60 Å². The number of aliphatic hydroxyl groups is 2. The predicted molar refractivity (Wildman–Crippen MR) is 141 cm³/mol. The summed E-state index contributed by atoms with van der Waals surface area (Å²) in [7, 11) is 5.46. The summed E-state index contributed by atoms with van der Waals surface area (Å²) in [6, 6.07) is 19.6. The Morgan fingerprint density at radius 3 is 2.35 bits per heavy atom. The van der Waals surface area contributed by atoms with Crippen molar-refractivity contribution in [2.24, 2.45) is 0 Å². The van der Waals surface area contributed by atoms with Crippen LogP contribution < -0.4 is 9.47 Å². The van der Waals surface area contributed by atoms with Crippen LogP contribution in [0.4, 0.5) is 0 Å². The second-order valence-corrected chi connectivity index (χ2v) is 10.7. The molecule has 1 saturated carbocycles. The molecule has 7 nitrogen and oxygen atoms in total. The van der Waals surface area contributed by atoms with E-state index in [1.165, 1.54) is 0 Å². The van der Waals surface area contributed by atoms with Gasteiger partial charge in [0.1, 0.15) is 17.1 Å². The second kappa shape index (κ2) is 10.1.